The monoisotopic (exact) mass is 289 g/mol. The summed E-state index contributed by atoms with van der Waals surface area (Å²) in [6.07, 6.45) is 0.221. The SMILES string of the molecule is O=C1CCNC(=O)N1CC(=O)N1CCOc2ccccc21. The molecule has 0 spiro atoms. The number of urea groups is 1. The van der Waals surface area contributed by atoms with Crippen molar-refractivity contribution in [2.45, 2.75) is 6.42 Å². The molecule has 4 amide bonds. The molecular formula is C14H15N3O4. The highest BCUT2D eigenvalue weighted by Crippen LogP contribution is 2.31. The summed E-state index contributed by atoms with van der Waals surface area (Å²) in [4.78, 5) is 38.3. The Morgan fingerprint density at radius 1 is 1.29 bits per heavy atom. The molecule has 1 saturated heterocycles. The first-order valence-electron chi connectivity index (χ1n) is 6.77. The molecule has 2 aliphatic rings. The Kier molecular flexibility index (Phi) is 3.47. The molecule has 2 heterocycles. The molecule has 0 radical (unpaired) electrons. The molecule has 1 aromatic carbocycles. The molecule has 2 aliphatic heterocycles. The summed E-state index contributed by atoms with van der Waals surface area (Å²) in [5.74, 6) is 0.0105. The Bertz CT molecular complexity index is 586. The van der Waals surface area contributed by atoms with E-state index >= 15 is 0 Å². The van der Waals surface area contributed by atoms with Crippen LogP contribution in [-0.2, 0) is 9.59 Å². The summed E-state index contributed by atoms with van der Waals surface area (Å²) >= 11 is 0. The number of hydrogen-bond donors (Lipinski definition) is 1. The van der Waals surface area contributed by atoms with Gasteiger partial charge in [0.25, 0.3) is 0 Å². The van der Waals surface area contributed by atoms with E-state index in [1.165, 1.54) is 0 Å². The largest absolute Gasteiger partial charge is 0.490 e. The van der Waals surface area contributed by atoms with Gasteiger partial charge in [0.05, 0.1) is 12.2 Å². The molecule has 1 fully saturated rings. The summed E-state index contributed by atoms with van der Waals surface area (Å²) < 4.78 is 5.48. The van der Waals surface area contributed by atoms with Crippen molar-refractivity contribution >= 4 is 23.5 Å². The zero-order valence-corrected chi connectivity index (χ0v) is 11.4. The van der Waals surface area contributed by atoms with Crippen molar-refractivity contribution in [3.63, 3.8) is 0 Å². The third kappa shape index (κ3) is 2.54. The van der Waals surface area contributed by atoms with E-state index in [0.29, 0.717) is 31.1 Å². The lowest BCUT2D eigenvalue weighted by Crippen LogP contribution is -2.54. The van der Waals surface area contributed by atoms with Crippen molar-refractivity contribution in [3.05, 3.63) is 24.3 Å². The topological polar surface area (TPSA) is 79.0 Å². The number of imide groups is 1. The highest BCUT2D eigenvalue weighted by Gasteiger charge is 2.31. The fourth-order valence-corrected chi connectivity index (χ4v) is 2.43. The maximum Gasteiger partial charge on any atom is 0.324 e. The molecule has 3 rings (SSSR count). The lowest BCUT2D eigenvalue weighted by atomic mass is 10.2. The van der Waals surface area contributed by atoms with Gasteiger partial charge in [-0.15, -0.1) is 0 Å². The number of hydrogen-bond acceptors (Lipinski definition) is 4. The Balaban J connectivity index is 1.77. The molecular weight excluding hydrogens is 274 g/mol. The van der Waals surface area contributed by atoms with Gasteiger partial charge in [-0.2, -0.15) is 0 Å². The summed E-state index contributed by atoms with van der Waals surface area (Å²) in [6.45, 7) is 0.865. The van der Waals surface area contributed by atoms with Crippen LogP contribution in [0, 0.1) is 0 Å². The molecule has 0 atom stereocenters. The van der Waals surface area contributed by atoms with Gasteiger partial charge >= 0.3 is 6.03 Å². The maximum absolute atomic E-state index is 12.4. The number of rotatable bonds is 2. The number of amides is 4. The van der Waals surface area contributed by atoms with Crippen molar-refractivity contribution < 1.29 is 19.1 Å². The molecule has 0 saturated carbocycles. The van der Waals surface area contributed by atoms with Crippen LogP contribution in [-0.4, -0.2) is 49.0 Å². The van der Waals surface area contributed by atoms with Gasteiger partial charge in [0.1, 0.15) is 18.9 Å². The summed E-state index contributed by atoms with van der Waals surface area (Å²) in [7, 11) is 0. The van der Waals surface area contributed by atoms with Crippen LogP contribution < -0.4 is 15.0 Å². The number of nitrogens with zero attached hydrogens (tertiary/aromatic N) is 2. The third-order valence-corrected chi connectivity index (χ3v) is 3.48. The lowest BCUT2D eigenvalue weighted by Gasteiger charge is -2.32. The Morgan fingerprint density at radius 3 is 2.90 bits per heavy atom. The van der Waals surface area contributed by atoms with E-state index in [0.717, 1.165) is 4.90 Å². The number of para-hydroxylation sites is 2. The number of carbonyl (C=O) groups is 3. The van der Waals surface area contributed by atoms with Gasteiger partial charge in [0.15, 0.2) is 0 Å². The van der Waals surface area contributed by atoms with Crippen LogP contribution in [0.3, 0.4) is 0 Å². The summed E-state index contributed by atoms with van der Waals surface area (Å²) in [5.41, 5.74) is 0.665. The van der Waals surface area contributed by atoms with E-state index in [1.54, 1.807) is 17.0 Å². The second-order valence-corrected chi connectivity index (χ2v) is 4.82. The molecule has 0 aliphatic carbocycles. The summed E-state index contributed by atoms with van der Waals surface area (Å²) in [5, 5.41) is 2.56. The van der Waals surface area contributed by atoms with Gasteiger partial charge in [0, 0.05) is 13.0 Å². The van der Waals surface area contributed by atoms with Crippen LogP contribution in [0.5, 0.6) is 5.75 Å². The van der Waals surface area contributed by atoms with Crippen LogP contribution in [0.1, 0.15) is 6.42 Å². The van der Waals surface area contributed by atoms with E-state index in [2.05, 4.69) is 5.32 Å². The summed E-state index contributed by atoms with van der Waals surface area (Å²) in [6, 6.07) is 6.69. The Labute approximate surface area is 121 Å². The van der Waals surface area contributed by atoms with Crippen molar-refractivity contribution in [2.75, 3.05) is 31.1 Å². The Morgan fingerprint density at radius 2 is 2.10 bits per heavy atom. The standard InChI is InChI=1S/C14H15N3O4/c18-12-5-6-15-14(20)17(12)9-13(19)16-7-8-21-11-4-2-1-3-10(11)16/h1-4H,5-9H2,(H,15,20). The highest BCUT2D eigenvalue weighted by atomic mass is 16.5. The minimum absolute atomic E-state index is 0.221. The third-order valence-electron chi connectivity index (χ3n) is 3.48. The van der Waals surface area contributed by atoms with Gasteiger partial charge in [0.2, 0.25) is 11.8 Å². The van der Waals surface area contributed by atoms with E-state index < -0.39 is 6.03 Å². The van der Waals surface area contributed by atoms with Gasteiger partial charge in [-0.05, 0) is 12.1 Å². The van der Waals surface area contributed by atoms with Gasteiger partial charge in [-0.1, -0.05) is 12.1 Å². The number of nitrogens with one attached hydrogen (secondary N) is 1. The van der Waals surface area contributed by atoms with Crippen molar-refractivity contribution in [2.24, 2.45) is 0 Å². The fraction of sp³-hybridized carbons (Fsp3) is 0.357. The molecule has 7 heteroatoms. The molecule has 1 aromatic rings. The van der Waals surface area contributed by atoms with Crippen LogP contribution in [0.2, 0.25) is 0 Å². The molecule has 0 bridgehead atoms. The minimum atomic E-state index is -0.513. The number of carbonyl (C=O) groups excluding carboxylic acids is 3. The van der Waals surface area contributed by atoms with Crippen molar-refractivity contribution in [1.29, 1.82) is 0 Å². The number of fused-ring (bicyclic) bond motifs is 1. The van der Waals surface area contributed by atoms with E-state index in [1.807, 2.05) is 12.1 Å². The number of benzene rings is 1. The number of anilines is 1. The molecule has 21 heavy (non-hydrogen) atoms. The second-order valence-electron chi connectivity index (χ2n) is 4.82. The van der Waals surface area contributed by atoms with Crippen LogP contribution in [0.25, 0.3) is 0 Å². The molecule has 7 nitrogen and oxygen atoms in total. The maximum atomic E-state index is 12.4. The first-order chi connectivity index (χ1) is 10.2. The first kappa shape index (κ1) is 13.4. The van der Waals surface area contributed by atoms with Crippen molar-refractivity contribution in [1.82, 2.24) is 10.2 Å². The van der Waals surface area contributed by atoms with Crippen molar-refractivity contribution in [3.8, 4) is 5.75 Å². The highest BCUT2D eigenvalue weighted by molar-refractivity contribution is 6.04. The van der Waals surface area contributed by atoms with Gasteiger partial charge in [-0.3, -0.25) is 14.5 Å². The Hall–Kier alpha value is -2.57. The molecule has 0 unspecified atom stereocenters. The van der Waals surface area contributed by atoms with Crippen LogP contribution in [0.4, 0.5) is 10.5 Å². The minimum Gasteiger partial charge on any atom is -0.490 e. The smallest absolute Gasteiger partial charge is 0.324 e. The zero-order valence-electron chi connectivity index (χ0n) is 11.4. The molecule has 0 aromatic heterocycles. The van der Waals surface area contributed by atoms with Gasteiger partial charge < -0.3 is 15.0 Å². The lowest BCUT2D eigenvalue weighted by molar-refractivity contribution is -0.133. The average molecular weight is 289 g/mol. The van der Waals surface area contributed by atoms with Crippen LogP contribution in [0.15, 0.2) is 24.3 Å². The van der Waals surface area contributed by atoms with E-state index in [9.17, 15) is 14.4 Å². The molecule has 1 N–H and O–H groups in total. The second kappa shape index (κ2) is 5.43. The predicted octanol–water partition coefficient (Wildman–Crippen LogP) is 0.354. The zero-order chi connectivity index (χ0) is 14.8. The van der Waals surface area contributed by atoms with E-state index in [-0.39, 0.29) is 24.8 Å². The average Bonchev–Trinajstić information content (AvgIpc) is 2.50. The van der Waals surface area contributed by atoms with Gasteiger partial charge in [-0.25, -0.2) is 4.79 Å². The normalized spacial score (nSPS) is 17.9. The number of ether oxygens (including phenoxy) is 1. The van der Waals surface area contributed by atoms with Crippen LogP contribution >= 0.6 is 0 Å². The van der Waals surface area contributed by atoms with E-state index in [4.69, 9.17) is 4.74 Å². The fourth-order valence-electron chi connectivity index (χ4n) is 2.43. The molecule has 110 valence electrons. The first-order valence-corrected chi connectivity index (χ1v) is 6.77. The quantitative estimate of drug-likeness (QED) is 0.852. The predicted molar refractivity (Wildman–Crippen MR) is 74.0 cm³/mol.